The highest BCUT2D eigenvalue weighted by atomic mass is 16.1. The van der Waals surface area contributed by atoms with Crippen LogP contribution in [0.4, 0.5) is 0 Å². The molecule has 0 spiro atoms. The Balaban J connectivity index is 2.19. The van der Waals surface area contributed by atoms with Gasteiger partial charge in [0.1, 0.15) is 0 Å². The summed E-state index contributed by atoms with van der Waals surface area (Å²) in [5, 5.41) is 2.92. The maximum atomic E-state index is 11.5. The summed E-state index contributed by atoms with van der Waals surface area (Å²) in [5.74, 6) is 0.700. The van der Waals surface area contributed by atoms with E-state index in [4.69, 9.17) is 5.73 Å². The molecule has 0 aliphatic carbocycles. The fourth-order valence-corrected chi connectivity index (χ4v) is 1.74. The Kier molecular flexibility index (Phi) is 6.44. The van der Waals surface area contributed by atoms with Crippen molar-refractivity contribution in [2.75, 3.05) is 6.54 Å². The third-order valence-corrected chi connectivity index (χ3v) is 2.95. The lowest BCUT2D eigenvalue weighted by molar-refractivity contribution is -0.121. The van der Waals surface area contributed by atoms with Gasteiger partial charge >= 0.3 is 0 Å². The molecule has 3 N–H and O–H groups in total. The third-order valence-electron chi connectivity index (χ3n) is 2.95. The molecule has 18 heavy (non-hydrogen) atoms. The van der Waals surface area contributed by atoms with Crippen LogP contribution in [-0.2, 0) is 4.79 Å². The number of amides is 1. The van der Waals surface area contributed by atoms with Crippen molar-refractivity contribution in [1.29, 1.82) is 0 Å². The van der Waals surface area contributed by atoms with Crippen molar-refractivity contribution < 1.29 is 4.79 Å². The number of carbonyl (C=O) groups excluding carboxylic acids is 1. The van der Waals surface area contributed by atoms with Crippen LogP contribution in [-0.4, -0.2) is 12.5 Å². The predicted molar refractivity (Wildman–Crippen MR) is 75.1 cm³/mol. The van der Waals surface area contributed by atoms with E-state index in [1.165, 1.54) is 0 Å². The number of rotatable bonds is 7. The van der Waals surface area contributed by atoms with Crippen LogP contribution < -0.4 is 11.1 Å². The van der Waals surface area contributed by atoms with Crippen LogP contribution in [0.5, 0.6) is 0 Å². The van der Waals surface area contributed by atoms with Gasteiger partial charge in [-0.3, -0.25) is 4.79 Å². The zero-order valence-electron chi connectivity index (χ0n) is 11.4. The van der Waals surface area contributed by atoms with Crippen molar-refractivity contribution in [3.63, 3.8) is 0 Å². The van der Waals surface area contributed by atoms with Crippen LogP contribution in [0.15, 0.2) is 30.3 Å². The summed E-state index contributed by atoms with van der Waals surface area (Å²) in [7, 11) is 0. The SMILES string of the molecule is CC(C)CCC(=O)NCCC(N)c1ccccc1. The summed E-state index contributed by atoms with van der Waals surface area (Å²) in [6, 6.07) is 9.98. The zero-order chi connectivity index (χ0) is 13.4. The van der Waals surface area contributed by atoms with E-state index in [-0.39, 0.29) is 11.9 Å². The lowest BCUT2D eigenvalue weighted by Crippen LogP contribution is -2.27. The van der Waals surface area contributed by atoms with Gasteiger partial charge in [-0.25, -0.2) is 0 Å². The minimum atomic E-state index is -0.00315. The van der Waals surface area contributed by atoms with Gasteiger partial charge in [-0.2, -0.15) is 0 Å². The Labute approximate surface area is 110 Å². The molecule has 1 unspecified atom stereocenters. The van der Waals surface area contributed by atoms with E-state index in [9.17, 15) is 4.79 Å². The van der Waals surface area contributed by atoms with E-state index in [1.54, 1.807) is 0 Å². The maximum Gasteiger partial charge on any atom is 0.220 e. The highest BCUT2D eigenvalue weighted by molar-refractivity contribution is 5.75. The van der Waals surface area contributed by atoms with Gasteiger partial charge in [-0.05, 0) is 24.3 Å². The van der Waals surface area contributed by atoms with Gasteiger partial charge in [-0.1, -0.05) is 44.2 Å². The second-order valence-corrected chi connectivity index (χ2v) is 5.09. The fourth-order valence-electron chi connectivity index (χ4n) is 1.74. The standard InChI is InChI=1S/C15H24N2O/c1-12(2)8-9-15(18)17-11-10-14(16)13-6-4-3-5-7-13/h3-7,12,14H,8-11,16H2,1-2H3,(H,17,18). The molecule has 0 heterocycles. The largest absolute Gasteiger partial charge is 0.356 e. The molecule has 100 valence electrons. The Morgan fingerprint density at radius 3 is 2.50 bits per heavy atom. The summed E-state index contributed by atoms with van der Waals surface area (Å²) in [4.78, 5) is 11.5. The highest BCUT2D eigenvalue weighted by Gasteiger charge is 2.07. The first kappa shape index (κ1) is 14.7. The van der Waals surface area contributed by atoms with Gasteiger partial charge in [0, 0.05) is 19.0 Å². The number of nitrogens with two attached hydrogens (primary N) is 1. The Morgan fingerprint density at radius 1 is 1.22 bits per heavy atom. The first-order valence-corrected chi connectivity index (χ1v) is 6.67. The van der Waals surface area contributed by atoms with Gasteiger partial charge in [0.2, 0.25) is 5.91 Å². The number of hydrogen-bond acceptors (Lipinski definition) is 2. The lowest BCUT2D eigenvalue weighted by atomic mass is 10.0. The second-order valence-electron chi connectivity index (χ2n) is 5.09. The van der Waals surface area contributed by atoms with Gasteiger partial charge in [0.25, 0.3) is 0 Å². The quantitative estimate of drug-likeness (QED) is 0.779. The van der Waals surface area contributed by atoms with Crippen LogP contribution in [0.1, 0.15) is 44.7 Å². The number of hydrogen-bond donors (Lipinski definition) is 2. The van der Waals surface area contributed by atoms with Crippen LogP contribution in [0, 0.1) is 5.92 Å². The molecule has 0 saturated carbocycles. The molecule has 1 aromatic carbocycles. The van der Waals surface area contributed by atoms with E-state index < -0.39 is 0 Å². The highest BCUT2D eigenvalue weighted by Crippen LogP contribution is 2.12. The topological polar surface area (TPSA) is 55.1 Å². The Morgan fingerprint density at radius 2 is 1.89 bits per heavy atom. The number of carbonyl (C=O) groups is 1. The molecule has 0 aliphatic rings. The summed E-state index contributed by atoms with van der Waals surface area (Å²) >= 11 is 0. The van der Waals surface area contributed by atoms with Crippen LogP contribution in [0.25, 0.3) is 0 Å². The third kappa shape index (κ3) is 5.82. The van der Waals surface area contributed by atoms with E-state index >= 15 is 0 Å². The molecule has 0 bridgehead atoms. The summed E-state index contributed by atoms with van der Waals surface area (Å²) in [5.41, 5.74) is 7.17. The molecule has 1 rings (SSSR count). The zero-order valence-corrected chi connectivity index (χ0v) is 11.4. The van der Waals surface area contributed by atoms with Crippen LogP contribution in [0.2, 0.25) is 0 Å². The van der Waals surface area contributed by atoms with Gasteiger partial charge in [0.05, 0.1) is 0 Å². The van der Waals surface area contributed by atoms with Gasteiger partial charge in [0.15, 0.2) is 0 Å². The van der Waals surface area contributed by atoms with Crippen molar-refractivity contribution in [2.45, 2.75) is 39.2 Å². The Hall–Kier alpha value is -1.35. The molecule has 0 aliphatic heterocycles. The van der Waals surface area contributed by atoms with Crippen molar-refractivity contribution >= 4 is 5.91 Å². The van der Waals surface area contributed by atoms with E-state index in [1.807, 2.05) is 30.3 Å². The molecule has 1 atom stereocenters. The number of benzene rings is 1. The van der Waals surface area contributed by atoms with Crippen molar-refractivity contribution in [3.05, 3.63) is 35.9 Å². The van der Waals surface area contributed by atoms with Gasteiger partial charge < -0.3 is 11.1 Å². The van der Waals surface area contributed by atoms with Crippen molar-refractivity contribution in [1.82, 2.24) is 5.32 Å². The second kappa shape index (κ2) is 7.88. The Bertz CT molecular complexity index is 349. The molecule has 1 aromatic rings. The summed E-state index contributed by atoms with van der Waals surface area (Å²) < 4.78 is 0. The molecule has 1 amide bonds. The fraction of sp³-hybridized carbons (Fsp3) is 0.533. The average molecular weight is 248 g/mol. The molecule has 0 fully saturated rings. The molecule has 0 aromatic heterocycles. The predicted octanol–water partition coefficient (Wildman–Crippen LogP) is 2.63. The summed E-state index contributed by atoms with van der Waals surface area (Å²) in [6.45, 7) is 4.89. The molecular formula is C15H24N2O. The summed E-state index contributed by atoms with van der Waals surface area (Å²) in [6.07, 6.45) is 2.33. The van der Waals surface area contributed by atoms with Crippen molar-refractivity contribution in [3.8, 4) is 0 Å². The van der Waals surface area contributed by atoms with E-state index in [2.05, 4.69) is 19.2 Å². The van der Waals surface area contributed by atoms with E-state index in [0.29, 0.717) is 18.9 Å². The molecule has 3 nitrogen and oxygen atoms in total. The molecular weight excluding hydrogens is 224 g/mol. The maximum absolute atomic E-state index is 11.5. The number of nitrogens with one attached hydrogen (secondary N) is 1. The minimum Gasteiger partial charge on any atom is -0.356 e. The monoisotopic (exact) mass is 248 g/mol. The normalized spacial score (nSPS) is 12.4. The van der Waals surface area contributed by atoms with Crippen LogP contribution in [0.3, 0.4) is 0 Å². The average Bonchev–Trinajstić information content (AvgIpc) is 2.37. The molecule has 3 heteroatoms. The van der Waals surface area contributed by atoms with Crippen molar-refractivity contribution in [2.24, 2.45) is 11.7 Å². The van der Waals surface area contributed by atoms with E-state index in [0.717, 1.165) is 18.4 Å². The smallest absolute Gasteiger partial charge is 0.220 e. The van der Waals surface area contributed by atoms with Crippen LogP contribution >= 0.6 is 0 Å². The van der Waals surface area contributed by atoms with Gasteiger partial charge in [-0.15, -0.1) is 0 Å². The molecule has 0 radical (unpaired) electrons. The lowest BCUT2D eigenvalue weighted by Gasteiger charge is -2.12. The first-order chi connectivity index (χ1) is 8.59. The minimum absolute atomic E-state index is 0.00315. The first-order valence-electron chi connectivity index (χ1n) is 6.67. The molecule has 0 saturated heterocycles.